The Morgan fingerprint density at radius 1 is 1.59 bits per heavy atom. The Hall–Kier alpha value is -2.08. The van der Waals surface area contributed by atoms with Crippen LogP contribution in [-0.4, -0.2) is 33.8 Å². The first-order valence-corrected chi connectivity index (χ1v) is 5.32. The van der Waals surface area contributed by atoms with Crippen LogP contribution in [0, 0.1) is 0 Å². The van der Waals surface area contributed by atoms with Crippen molar-refractivity contribution >= 4 is 11.8 Å². The highest BCUT2D eigenvalue weighted by Crippen LogP contribution is 2.24. The molecule has 0 bridgehead atoms. The Morgan fingerprint density at radius 3 is 2.88 bits per heavy atom. The molecule has 0 radical (unpaired) electrons. The van der Waals surface area contributed by atoms with E-state index in [1.54, 1.807) is 34.5 Å². The average molecular weight is 234 g/mol. The Morgan fingerprint density at radius 2 is 2.35 bits per heavy atom. The molecule has 0 saturated heterocycles. The number of carboxylic acids is 1. The van der Waals surface area contributed by atoms with Crippen molar-refractivity contribution in [1.29, 1.82) is 0 Å². The summed E-state index contributed by atoms with van der Waals surface area (Å²) in [5, 5.41) is 12.5. The van der Waals surface area contributed by atoms with E-state index in [4.69, 9.17) is 10.8 Å². The van der Waals surface area contributed by atoms with Gasteiger partial charge >= 0.3 is 5.97 Å². The first-order valence-electron chi connectivity index (χ1n) is 5.32. The molecule has 0 spiro atoms. The molecule has 2 rings (SSSR count). The second kappa shape index (κ2) is 4.42. The van der Waals surface area contributed by atoms with E-state index in [9.17, 15) is 4.79 Å². The van der Waals surface area contributed by atoms with Gasteiger partial charge < -0.3 is 10.8 Å². The molecule has 1 atom stereocenters. The minimum atomic E-state index is -1.01. The van der Waals surface area contributed by atoms with Gasteiger partial charge in [-0.2, -0.15) is 0 Å². The number of anilines is 1. The van der Waals surface area contributed by atoms with Crippen LogP contribution in [0.15, 0.2) is 36.2 Å². The number of carboxylic acid groups (broad SMARTS) is 1. The van der Waals surface area contributed by atoms with E-state index in [1.165, 1.54) is 0 Å². The van der Waals surface area contributed by atoms with E-state index in [1.807, 2.05) is 13.0 Å². The second-order valence-corrected chi connectivity index (χ2v) is 3.62. The highest BCUT2D eigenvalue weighted by molar-refractivity contribution is 5.89. The molecule has 1 aromatic heterocycles. The summed E-state index contributed by atoms with van der Waals surface area (Å²) in [4.78, 5) is 15.2. The molecule has 1 aliphatic heterocycles. The molecule has 1 unspecified atom stereocenters. The number of aliphatic carboxylic acids is 1. The number of hydrogen-bond donors (Lipinski definition) is 2. The lowest BCUT2D eigenvalue weighted by molar-refractivity contribution is -0.132. The van der Waals surface area contributed by atoms with Crippen LogP contribution >= 0.6 is 0 Å². The fourth-order valence-corrected chi connectivity index (χ4v) is 1.78. The van der Waals surface area contributed by atoms with Crippen molar-refractivity contribution < 1.29 is 9.90 Å². The zero-order valence-corrected chi connectivity index (χ0v) is 9.45. The Bertz CT molecular complexity index is 446. The highest BCUT2D eigenvalue weighted by Gasteiger charge is 2.34. The Labute approximate surface area is 98.9 Å². The molecule has 0 aromatic carbocycles. The van der Waals surface area contributed by atoms with Gasteiger partial charge in [0.25, 0.3) is 0 Å². The summed E-state index contributed by atoms with van der Waals surface area (Å²) >= 11 is 0. The first kappa shape index (κ1) is 11.4. The van der Waals surface area contributed by atoms with E-state index in [0.29, 0.717) is 12.4 Å². The lowest BCUT2D eigenvalue weighted by Crippen LogP contribution is -2.47. The third kappa shape index (κ3) is 1.94. The zero-order chi connectivity index (χ0) is 12.4. The van der Waals surface area contributed by atoms with Crippen molar-refractivity contribution in [1.82, 2.24) is 9.99 Å². The van der Waals surface area contributed by atoms with Crippen LogP contribution < -0.4 is 10.7 Å². The van der Waals surface area contributed by atoms with Gasteiger partial charge in [0, 0.05) is 18.9 Å². The normalized spacial score (nSPS) is 19.4. The zero-order valence-electron chi connectivity index (χ0n) is 9.45. The number of nitrogens with zero attached hydrogens (tertiary/aromatic N) is 3. The van der Waals surface area contributed by atoms with Gasteiger partial charge in [0.15, 0.2) is 0 Å². The number of hydrogen-bond acceptors (Lipinski definition) is 5. The summed E-state index contributed by atoms with van der Waals surface area (Å²) < 4.78 is 0. The lowest BCUT2D eigenvalue weighted by Gasteiger charge is -2.32. The van der Waals surface area contributed by atoms with Crippen LogP contribution in [0.2, 0.25) is 0 Å². The van der Waals surface area contributed by atoms with Gasteiger partial charge in [-0.25, -0.2) is 14.8 Å². The third-order valence-electron chi connectivity index (χ3n) is 2.60. The van der Waals surface area contributed by atoms with Gasteiger partial charge in [0.1, 0.15) is 12.0 Å². The monoisotopic (exact) mass is 234 g/mol. The Kier molecular flexibility index (Phi) is 2.97. The molecule has 6 heteroatoms. The van der Waals surface area contributed by atoms with Crippen molar-refractivity contribution in [2.45, 2.75) is 13.1 Å². The van der Waals surface area contributed by atoms with Crippen molar-refractivity contribution in [2.24, 2.45) is 5.73 Å². The molecular weight excluding hydrogens is 220 g/mol. The molecule has 0 saturated carbocycles. The van der Waals surface area contributed by atoms with Crippen LogP contribution in [0.25, 0.3) is 0 Å². The molecule has 90 valence electrons. The standard InChI is InChI=1S/C11H14N4O2/c1-2-14-7-8(11(16)17)10(12)15(14)9-5-3-4-6-13-9/h3-7,10H,2,12H2,1H3,(H,16,17). The summed E-state index contributed by atoms with van der Waals surface area (Å²) in [5.74, 6) is -0.372. The molecule has 2 heterocycles. The molecule has 1 aromatic rings. The van der Waals surface area contributed by atoms with Gasteiger partial charge in [-0.3, -0.25) is 5.01 Å². The smallest absolute Gasteiger partial charge is 0.336 e. The summed E-state index contributed by atoms with van der Waals surface area (Å²) in [6.07, 6.45) is 2.48. The minimum Gasteiger partial charge on any atom is -0.478 e. The molecule has 1 aliphatic rings. The van der Waals surface area contributed by atoms with Crippen molar-refractivity contribution in [3.63, 3.8) is 0 Å². The lowest BCUT2D eigenvalue weighted by atomic mass is 10.2. The largest absolute Gasteiger partial charge is 0.478 e. The number of pyridine rings is 1. The fourth-order valence-electron chi connectivity index (χ4n) is 1.78. The number of hydrazine groups is 1. The topological polar surface area (TPSA) is 82.7 Å². The van der Waals surface area contributed by atoms with E-state index in [0.717, 1.165) is 0 Å². The van der Waals surface area contributed by atoms with Gasteiger partial charge in [-0.05, 0) is 19.1 Å². The van der Waals surface area contributed by atoms with Crippen LogP contribution in [0.5, 0.6) is 0 Å². The van der Waals surface area contributed by atoms with Gasteiger partial charge in [-0.1, -0.05) is 6.07 Å². The molecule has 3 N–H and O–H groups in total. The van der Waals surface area contributed by atoms with Crippen LogP contribution in [-0.2, 0) is 4.79 Å². The maximum Gasteiger partial charge on any atom is 0.336 e. The minimum absolute atomic E-state index is 0.164. The van der Waals surface area contributed by atoms with E-state index in [2.05, 4.69) is 4.98 Å². The van der Waals surface area contributed by atoms with Crippen molar-refractivity contribution in [3.8, 4) is 0 Å². The van der Waals surface area contributed by atoms with Gasteiger partial charge in [0.05, 0.1) is 5.57 Å². The number of carbonyl (C=O) groups is 1. The maximum absolute atomic E-state index is 11.0. The maximum atomic E-state index is 11.0. The van der Waals surface area contributed by atoms with Gasteiger partial charge in [0.2, 0.25) is 0 Å². The first-order chi connectivity index (χ1) is 8.15. The van der Waals surface area contributed by atoms with E-state index < -0.39 is 12.1 Å². The van der Waals surface area contributed by atoms with E-state index in [-0.39, 0.29) is 5.57 Å². The summed E-state index contributed by atoms with van der Waals surface area (Å²) in [6.45, 7) is 2.55. The predicted molar refractivity (Wildman–Crippen MR) is 62.8 cm³/mol. The quantitative estimate of drug-likeness (QED) is 0.787. The SMILES string of the molecule is CCN1C=C(C(=O)O)C(N)N1c1ccccn1. The van der Waals surface area contributed by atoms with Crippen LogP contribution in [0.4, 0.5) is 5.82 Å². The molecule has 0 fully saturated rings. The summed E-state index contributed by atoms with van der Waals surface area (Å²) in [7, 11) is 0. The molecular formula is C11H14N4O2. The average Bonchev–Trinajstić information content (AvgIpc) is 2.67. The fraction of sp³-hybridized carbons (Fsp3) is 0.273. The van der Waals surface area contributed by atoms with Gasteiger partial charge in [-0.15, -0.1) is 0 Å². The summed E-state index contributed by atoms with van der Waals surface area (Å²) in [6, 6.07) is 5.43. The number of nitrogens with two attached hydrogens (primary N) is 1. The van der Waals surface area contributed by atoms with Crippen LogP contribution in [0.1, 0.15) is 6.92 Å². The van der Waals surface area contributed by atoms with Crippen LogP contribution in [0.3, 0.4) is 0 Å². The second-order valence-electron chi connectivity index (χ2n) is 3.62. The highest BCUT2D eigenvalue weighted by atomic mass is 16.4. The van der Waals surface area contributed by atoms with E-state index >= 15 is 0 Å². The molecule has 17 heavy (non-hydrogen) atoms. The number of aromatic nitrogens is 1. The molecule has 0 aliphatic carbocycles. The van der Waals surface area contributed by atoms with Crippen molar-refractivity contribution in [2.75, 3.05) is 11.6 Å². The molecule has 6 nitrogen and oxygen atoms in total. The summed E-state index contributed by atoms with van der Waals surface area (Å²) in [5.41, 5.74) is 6.08. The Balaban J connectivity index is 2.34. The predicted octanol–water partition coefficient (Wildman–Crippen LogP) is 0.392. The van der Waals surface area contributed by atoms with Crippen molar-refractivity contribution in [3.05, 3.63) is 36.2 Å². The number of rotatable bonds is 3. The third-order valence-corrected chi connectivity index (χ3v) is 2.60. The molecule has 0 amide bonds.